The molecule has 22 heavy (non-hydrogen) atoms. The summed E-state index contributed by atoms with van der Waals surface area (Å²) < 4.78 is 1.87. The third-order valence-corrected chi connectivity index (χ3v) is 4.14. The highest BCUT2D eigenvalue weighted by molar-refractivity contribution is 6.35. The van der Waals surface area contributed by atoms with Gasteiger partial charge >= 0.3 is 0 Å². The summed E-state index contributed by atoms with van der Waals surface area (Å²) in [5.74, 6) is -0.0781. The zero-order valence-corrected chi connectivity index (χ0v) is 13.1. The molecule has 0 saturated heterocycles. The summed E-state index contributed by atoms with van der Waals surface area (Å²) in [5, 5.41) is 4.53. The summed E-state index contributed by atoms with van der Waals surface area (Å²) in [7, 11) is 1.88. The van der Waals surface area contributed by atoms with Gasteiger partial charge < -0.3 is 9.88 Å². The number of rotatable bonds is 4. The highest BCUT2D eigenvalue weighted by atomic mass is 35.5. The van der Waals surface area contributed by atoms with Crippen LogP contribution >= 0.6 is 11.6 Å². The number of fused-ring (bicyclic) bond motifs is 1. The summed E-state index contributed by atoms with van der Waals surface area (Å²) in [5.41, 5.74) is 2.79. The van der Waals surface area contributed by atoms with Gasteiger partial charge in [-0.15, -0.1) is 0 Å². The Hall–Kier alpha value is -2.26. The molecule has 0 spiro atoms. The van der Waals surface area contributed by atoms with Crippen LogP contribution in [0.3, 0.4) is 0 Å². The van der Waals surface area contributed by atoms with Crippen LogP contribution in [0.4, 0.5) is 0 Å². The predicted molar refractivity (Wildman–Crippen MR) is 90.4 cm³/mol. The van der Waals surface area contributed by atoms with E-state index in [0.717, 1.165) is 17.3 Å². The van der Waals surface area contributed by atoms with E-state index in [9.17, 15) is 4.79 Å². The average molecular weight is 313 g/mol. The Labute approximate surface area is 134 Å². The number of carbonyl (C=O) groups excluding carboxylic acids is 1. The van der Waals surface area contributed by atoms with E-state index < -0.39 is 0 Å². The molecular formula is C18H17ClN2O. The molecule has 4 heteroatoms. The molecular weight excluding hydrogens is 296 g/mol. The maximum absolute atomic E-state index is 12.4. The van der Waals surface area contributed by atoms with Gasteiger partial charge in [0.05, 0.1) is 0 Å². The summed E-state index contributed by atoms with van der Waals surface area (Å²) in [6.07, 6.45) is 0.817. The summed E-state index contributed by atoms with van der Waals surface area (Å²) in [4.78, 5) is 12.4. The van der Waals surface area contributed by atoms with Crippen molar-refractivity contribution in [3.63, 3.8) is 0 Å². The molecule has 0 bridgehead atoms. The van der Waals surface area contributed by atoms with E-state index in [1.54, 1.807) is 0 Å². The first-order valence-electron chi connectivity index (χ1n) is 7.23. The van der Waals surface area contributed by atoms with Crippen molar-refractivity contribution in [2.45, 2.75) is 6.42 Å². The Morgan fingerprint density at radius 1 is 1.14 bits per heavy atom. The lowest BCUT2D eigenvalue weighted by Gasteiger charge is -2.06. The Morgan fingerprint density at radius 3 is 2.64 bits per heavy atom. The molecule has 3 rings (SSSR count). The predicted octanol–water partition coefficient (Wildman–Crippen LogP) is 3.80. The molecule has 0 fully saturated rings. The van der Waals surface area contributed by atoms with Gasteiger partial charge in [0.15, 0.2) is 0 Å². The third-order valence-electron chi connectivity index (χ3n) is 3.81. The lowest BCUT2D eigenvalue weighted by atomic mass is 10.1. The maximum Gasteiger partial charge on any atom is 0.267 e. The van der Waals surface area contributed by atoms with E-state index in [4.69, 9.17) is 11.6 Å². The van der Waals surface area contributed by atoms with Crippen LogP contribution in [0.5, 0.6) is 0 Å². The number of hydrogen-bond donors (Lipinski definition) is 1. The summed E-state index contributed by atoms with van der Waals surface area (Å²) in [6.45, 7) is 0.609. The van der Waals surface area contributed by atoms with Crippen LogP contribution in [0.15, 0.2) is 54.6 Å². The topological polar surface area (TPSA) is 34.0 Å². The van der Waals surface area contributed by atoms with Gasteiger partial charge in [-0.25, -0.2) is 0 Å². The average Bonchev–Trinajstić information content (AvgIpc) is 2.87. The van der Waals surface area contributed by atoms with Crippen molar-refractivity contribution in [2.24, 2.45) is 7.05 Å². The number of halogens is 1. The van der Waals surface area contributed by atoms with E-state index in [1.807, 2.05) is 54.1 Å². The van der Waals surface area contributed by atoms with Gasteiger partial charge in [0, 0.05) is 29.5 Å². The number of carbonyl (C=O) groups is 1. The van der Waals surface area contributed by atoms with Crippen LogP contribution in [0, 0.1) is 0 Å². The molecule has 0 atom stereocenters. The molecule has 1 N–H and O–H groups in total. The number of hydrogen-bond acceptors (Lipinski definition) is 1. The number of benzene rings is 2. The van der Waals surface area contributed by atoms with E-state index in [-0.39, 0.29) is 5.91 Å². The smallest absolute Gasteiger partial charge is 0.267 e. The fraction of sp³-hybridized carbons (Fsp3) is 0.167. The fourth-order valence-corrected chi connectivity index (χ4v) is 2.82. The van der Waals surface area contributed by atoms with Crippen molar-refractivity contribution >= 4 is 28.4 Å². The van der Waals surface area contributed by atoms with Crippen molar-refractivity contribution in [2.75, 3.05) is 6.54 Å². The molecule has 0 aliphatic heterocycles. The largest absolute Gasteiger partial charge is 0.350 e. The van der Waals surface area contributed by atoms with Gasteiger partial charge in [-0.05, 0) is 30.2 Å². The Bertz CT molecular complexity index is 809. The number of amides is 1. The molecule has 3 nitrogen and oxygen atoms in total. The molecule has 1 aromatic heterocycles. The molecule has 112 valence electrons. The molecule has 1 amide bonds. The monoisotopic (exact) mass is 312 g/mol. The molecule has 2 aromatic carbocycles. The van der Waals surface area contributed by atoms with Crippen LogP contribution in [-0.2, 0) is 13.5 Å². The van der Waals surface area contributed by atoms with E-state index in [2.05, 4.69) is 17.4 Å². The standard InChI is InChI=1S/C18H17ClN2O/c1-21-16-9-5-8-15(19)14(16)12-17(21)18(22)20-11-10-13-6-3-2-4-7-13/h2-9,12H,10-11H2,1H3,(H,20,22). The number of nitrogens with one attached hydrogen (secondary N) is 1. The lowest BCUT2D eigenvalue weighted by Crippen LogP contribution is -2.27. The first-order valence-corrected chi connectivity index (χ1v) is 7.60. The van der Waals surface area contributed by atoms with Gasteiger partial charge in [-0.2, -0.15) is 0 Å². The highest BCUT2D eigenvalue weighted by Gasteiger charge is 2.14. The SMILES string of the molecule is Cn1c(C(=O)NCCc2ccccc2)cc2c(Cl)cccc21. The molecule has 0 aliphatic rings. The maximum atomic E-state index is 12.4. The van der Waals surface area contributed by atoms with Crippen LogP contribution in [0.2, 0.25) is 5.02 Å². The van der Waals surface area contributed by atoms with Gasteiger partial charge in [0.25, 0.3) is 5.91 Å². The van der Waals surface area contributed by atoms with Gasteiger partial charge in [0.1, 0.15) is 5.69 Å². The normalized spacial score (nSPS) is 10.8. The Balaban J connectivity index is 1.73. The second kappa shape index (κ2) is 6.24. The second-order valence-electron chi connectivity index (χ2n) is 5.25. The minimum Gasteiger partial charge on any atom is -0.350 e. The van der Waals surface area contributed by atoms with Crippen molar-refractivity contribution in [3.8, 4) is 0 Å². The van der Waals surface area contributed by atoms with Crippen LogP contribution < -0.4 is 5.32 Å². The zero-order valence-electron chi connectivity index (χ0n) is 12.3. The first kappa shape index (κ1) is 14.7. The molecule has 0 radical (unpaired) electrons. The van der Waals surface area contributed by atoms with E-state index in [1.165, 1.54) is 5.56 Å². The lowest BCUT2D eigenvalue weighted by molar-refractivity contribution is 0.0946. The van der Waals surface area contributed by atoms with E-state index in [0.29, 0.717) is 17.3 Å². The Kier molecular flexibility index (Phi) is 4.16. The van der Waals surface area contributed by atoms with Crippen molar-refractivity contribution in [3.05, 3.63) is 70.9 Å². The molecule has 1 heterocycles. The fourth-order valence-electron chi connectivity index (χ4n) is 2.60. The third kappa shape index (κ3) is 2.85. The van der Waals surface area contributed by atoms with Gasteiger partial charge in [-0.1, -0.05) is 48.0 Å². The van der Waals surface area contributed by atoms with Crippen molar-refractivity contribution < 1.29 is 4.79 Å². The molecule has 0 unspecified atom stereocenters. The summed E-state index contributed by atoms with van der Waals surface area (Å²) in [6, 6.07) is 17.6. The highest BCUT2D eigenvalue weighted by Crippen LogP contribution is 2.26. The van der Waals surface area contributed by atoms with Crippen molar-refractivity contribution in [1.29, 1.82) is 0 Å². The quantitative estimate of drug-likeness (QED) is 0.781. The van der Waals surface area contributed by atoms with Gasteiger partial charge in [0.2, 0.25) is 0 Å². The minimum atomic E-state index is -0.0781. The van der Waals surface area contributed by atoms with E-state index >= 15 is 0 Å². The molecule has 0 saturated carbocycles. The van der Waals surface area contributed by atoms with Gasteiger partial charge in [-0.3, -0.25) is 4.79 Å². The number of aryl methyl sites for hydroxylation is 1. The summed E-state index contributed by atoms with van der Waals surface area (Å²) >= 11 is 6.19. The van der Waals surface area contributed by atoms with Crippen molar-refractivity contribution in [1.82, 2.24) is 9.88 Å². The van der Waals surface area contributed by atoms with Crippen LogP contribution in [-0.4, -0.2) is 17.0 Å². The number of aromatic nitrogens is 1. The first-order chi connectivity index (χ1) is 10.7. The van der Waals surface area contributed by atoms with Crippen LogP contribution in [0.25, 0.3) is 10.9 Å². The molecule has 0 aliphatic carbocycles. The molecule has 3 aromatic rings. The Morgan fingerprint density at radius 2 is 1.91 bits per heavy atom. The van der Waals surface area contributed by atoms with Crippen LogP contribution in [0.1, 0.15) is 16.1 Å². The number of nitrogens with zero attached hydrogens (tertiary/aromatic N) is 1. The minimum absolute atomic E-state index is 0.0781. The second-order valence-corrected chi connectivity index (χ2v) is 5.66. The zero-order chi connectivity index (χ0) is 15.5.